The maximum Gasteiger partial charge on any atom is 0.332 e. The minimum Gasteiger partial charge on any atom is -0.354 e. The van der Waals surface area contributed by atoms with E-state index < -0.39 is 17.3 Å². The van der Waals surface area contributed by atoms with E-state index in [2.05, 4.69) is 10.3 Å². The number of amides is 1. The van der Waals surface area contributed by atoms with Crippen molar-refractivity contribution in [3.8, 4) is 0 Å². The summed E-state index contributed by atoms with van der Waals surface area (Å²) in [6.45, 7) is 6.26. The second kappa shape index (κ2) is 5.78. The Morgan fingerprint density at radius 2 is 1.86 bits per heavy atom. The van der Waals surface area contributed by atoms with Crippen LogP contribution in [0.1, 0.15) is 26.8 Å². The number of fused-ring (bicyclic) bond motifs is 1. The molecular formula is C14H21N5O3. The number of nitrogens with one attached hydrogen (secondary N) is 1. The molecule has 0 saturated carbocycles. The van der Waals surface area contributed by atoms with Gasteiger partial charge in [-0.25, -0.2) is 9.78 Å². The zero-order valence-electron chi connectivity index (χ0n) is 13.5. The topological polar surface area (TPSA) is 90.9 Å². The van der Waals surface area contributed by atoms with E-state index in [0.717, 1.165) is 4.57 Å². The lowest BCUT2D eigenvalue weighted by Crippen LogP contribution is -2.39. The molecule has 0 aliphatic carbocycles. The van der Waals surface area contributed by atoms with Gasteiger partial charge in [-0.15, -0.1) is 0 Å². The van der Waals surface area contributed by atoms with Gasteiger partial charge in [0.25, 0.3) is 5.56 Å². The van der Waals surface area contributed by atoms with E-state index in [0.29, 0.717) is 12.5 Å². The molecule has 0 unspecified atom stereocenters. The van der Waals surface area contributed by atoms with Gasteiger partial charge in [-0.05, 0) is 12.8 Å². The van der Waals surface area contributed by atoms with Gasteiger partial charge in [0.15, 0.2) is 11.2 Å². The van der Waals surface area contributed by atoms with Crippen LogP contribution in [0.25, 0.3) is 11.2 Å². The van der Waals surface area contributed by atoms with Crippen molar-refractivity contribution in [2.24, 2.45) is 20.0 Å². The highest BCUT2D eigenvalue weighted by Crippen LogP contribution is 2.13. The normalized spacial score (nSPS) is 12.8. The fraction of sp³-hybridized carbons (Fsp3) is 0.571. The van der Waals surface area contributed by atoms with E-state index >= 15 is 0 Å². The van der Waals surface area contributed by atoms with Crippen molar-refractivity contribution in [1.82, 2.24) is 24.0 Å². The zero-order valence-corrected chi connectivity index (χ0v) is 13.5. The molecule has 1 atom stereocenters. The summed E-state index contributed by atoms with van der Waals surface area (Å²) in [4.78, 5) is 40.5. The second-order valence-electron chi connectivity index (χ2n) is 5.84. The lowest BCUT2D eigenvalue weighted by Gasteiger charge is -2.15. The molecule has 0 aromatic carbocycles. The molecule has 0 fully saturated rings. The van der Waals surface area contributed by atoms with E-state index in [-0.39, 0.29) is 17.1 Å². The zero-order chi connectivity index (χ0) is 16.6. The van der Waals surface area contributed by atoms with E-state index in [1.54, 1.807) is 14.0 Å². The third kappa shape index (κ3) is 2.56. The third-order valence-electron chi connectivity index (χ3n) is 3.65. The van der Waals surface area contributed by atoms with Crippen molar-refractivity contribution < 1.29 is 4.79 Å². The number of imidazole rings is 1. The van der Waals surface area contributed by atoms with Crippen molar-refractivity contribution in [2.75, 3.05) is 6.54 Å². The van der Waals surface area contributed by atoms with Crippen LogP contribution in [0.15, 0.2) is 15.9 Å². The fourth-order valence-corrected chi connectivity index (χ4v) is 2.24. The smallest absolute Gasteiger partial charge is 0.332 e. The summed E-state index contributed by atoms with van der Waals surface area (Å²) in [5.41, 5.74) is -0.382. The van der Waals surface area contributed by atoms with Gasteiger partial charge in [-0.3, -0.25) is 18.7 Å². The average molecular weight is 307 g/mol. The number of hydrogen-bond acceptors (Lipinski definition) is 4. The number of carbonyl (C=O) groups excluding carboxylic acids is 1. The minimum atomic E-state index is -0.589. The van der Waals surface area contributed by atoms with Crippen molar-refractivity contribution in [3.63, 3.8) is 0 Å². The van der Waals surface area contributed by atoms with Gasteiger partial charge < -0.3 is 9.88 Å². The molecule has 8 nitrogen and oxygen atoms in total. The Kier molecular flexibility index (Phi) is 4.20. The second-order valence-corrected chi connectivity index (χ2v) is 5.84. The van der Waals surface area contributed by atoms with Gasteiger partial charge in [-0.2, -0.15) is 0 Å². The molecule has 2 aromatic heterocycles. The number of nitrogens with zero attached hydrogens (tertiary/aromatic N) is 4. The maximum absolute atomic E-state index is 12.3. The predicted molar refractivity (Wildman–Crippen MR) is 82.8 cm³/mol. The molecule has 0 saturated heterocycles. The van der Waals surface area contributed by atoms with E-state index in [1.165, 1.54) is 22.5 Å². The van der Waals surface area contributed by atoms with Crippen LogP contribution in [-0.4, -0.2) is 31.1 Å². The molecule has 2 rings (SSSR count). The molecule has 1 N–H and O–H groups in total. The van der Waals surface area contributed by atoms with E-state index in [1.807, 2.05) is 13.8 Å². The first-order valence-electron chi connectivity index (χ1n) is 7.16. The van der Waals surface area contributed by atoms with Gasteiger partial charge >= 0.3 is 5.69 Å². The highest BCUT2D eigenvalue weighted by Gasteiger charge is 2.21. The minimum absolute atomic E-state index is 0.191. The monoisotopic (exact) mass is 307 g/mol. The van der Waals surface area contributed by atoms with Crippen LogP contribution < -0.4 is 16.6 Å². The molecule has 0 aliphatic heterocycles. The Morgan fingerprint density at radius 3 is 2.45 bits per heavy atom. The first-order chi connectivity index (χ1) is 10.3. The molecule has 120 valence electrons. The molecule has 0 bridgehead atoms. The lowest BCUT2D eigenvalue weighted by molar-refractivity contribution is -0.123. The number of carbonyl (C=O) groups is 1. The van der Waals surface area contributed by atoms with Crippen LogP contribution in [0.2, 0.25) is 0 Å². The number of aromatic nitrogens is 4. The quantitative estimate of drug-likeness (QED) is 0.844. The van der Waals surface area contributed by atoms with Crippen LogP contribution in [0.5, 0.6) is 0 Å². The maximum atomic E-state index is 12.3. The Bertz CT molecular complexity index is 827. The summed E-state index contributed by atoms with van der Waals surface area (Å²) in [5, 5.41) is 2.83. The van der Waals surface area contributed by atoms with Crippen molar-refractivity contribution in [2.45, 2.75) is 26.8 Å². The molecular weight excluding hydrogens is 286 g/mol. The summed E-state index contributed by atoms with van der Waals surface area (Å²) in [6, 6.07) is -0.589. The summed E-state index contributed by atoms with van der Waals surface area (Å²) in [5.74, 6) is 0.147. The van der Waals surface area contributed by atoms with Gasteiger partial charge in [0, 0.05) is 20.6 Å². The predicted octanol–water partition coefficient (Wildman–Crippen LogP) is -0.233. The van der Waals surface area contributed by atoms with Gasteiger partial charge in [0.05, 0.1) is 6.33 Å². The van der Waals surface area contributed by atoms with Crippen LogP contribution in [-0.2, 0) is 18.9 Å². The van der Waals surface area contributed by atoms with Crippen molar-refractivity contribution in [1.29, 1.82) is 0 Å². The van der Waals surface area contributed by atoms with Gasteiger partial charge in [-0.1, -0.05) is 13.8 Å². The first-order valence-corrected chi connectivity index (χ1v) is 7.16. The van der Waals surface area contributed by atoms with Gasteiger partial charge in [0.1, 0.15) is 6.04 Å². The van der Waals surface area contributed by atoms with E-state index in [4.69, 9.17) is 0 Å². The Balaban J connectivity index is 2.52. The van der Waals surface area contributed by atoms with Crippen LogP contribution >= 0.6 is 0 Å². The van der Waals surface area contributed by atoms with Crippen LogP contribution in [0.4, 0.5) is 0 Å². The SMILES string of the molecule is CC(C)CNC(=O)[C@@H](C)n1cnc2c1c(=O)n(C)c(=O)n2C. The molecule has 2 heterocycles. The molecule has 2 aromatic rings. The highest BCUT2D eigenvalue weighted by molar-refractivity contribution is 5.82. The summed E-state index contributed by atoms with van der Waals surface area (Å²) >= 11 is 0. The Labute approximate surface area is 127 Å². The van der Waals surface area contributed by atoms with Crippen LogP contribution in [0.3, 0.4) is 0 Å². The van der Waals surface area contributed by atoms with Crippen LogP contribution in [0, 0.1) is 5.92 Å². The molecule has 0 radical (unpaired) electrons. The Hall–Kier alpha value is -2.38. The third-order valence-corrected chi connectivity index (χ3v) is 3.65. The van der Waals surface area contributed by atoms with E-state index in [9.17, 15) is 14.4 Å². The number of aryl methyl sites for hydroxylation is 1. The fourth-order valence-electron chi connectivity index (χ4n) is 2.24. The summed E-state index contributed by atoms with van der Waals surface area (Å²) < 4.78 is 3.82. The van der Waals surface area contributed by atoms with Gasteiger partial charge in [0.2, 0.25) is 5.91 Å². The summed E-state index contributed by atoms with van der Waals surface area (Å²) in [7, 11) is 2.95. The number of rotatable bonds is 4. The summed E-state index contributed by atoms with van der Waals surface area (Å²) in [6.07, 6.45) is 1.42. The molecule has 1 amide bonds. The average Bonchev–Trinajstić information content (AvgIpc) is 2.92. The first kappa shape index (κ1) is 16.0. The molecule has 0 aliphatic rings. The molecule has 22 heavy (non-hydrogen) atoms. The van der Waals surface area contributed by atoms with Crippen molar-refractivity contribution >= 4 is 17.1 Å². The largest absolute Gasteiger partial charge is 0.354 e. The lowest BCUT2D eigenvalue weighted by atomic mass is 10.2. The van der Waals surface area contributed by atoms with Crippen molar-refractivity contribution in [3.05, 3.63) is 27.2 Å². The standard InChI is InChI=1S/C14H21N5O3/c1-8(2)6-15-12(20)9(3)19-7-16-11-10(19)13(21)18(5)14(22)17(11)4/h7-9H,6H2,1-5H3,(H,15,20)/t9-/m1/s1. The molecule has 8 heteroatoms. The highest BCUT2D eigenvalue weighted by atomic mass is 16.2. The number of hydrogen-bond donors (Lipinski definition) is 1. The molecule has 0 spiro atoms. The Morgan fingerprint density at radius 1 is 1.23 bits per heavy atom.